The molecule has 0 rings (SSSR count). The molecule has 0 radical (unpaired) electrons. The molecular formula is C33H55N2O6P. The average molecular weight is 607 g/mol. The van der Waals surface area contributed by atoms with Crippen LogP contribution in [0.1, 0.15) is 84.5 Å². The third-order valence-corrected chi connectivity index (χ3v) is 6.69. The molecule has 1 amide bonds. The number of aliphatic hydroxyl groups is 1. The van der Waals surface area contributed by atoms with E-state index in [1.54, 1.807) is 6.08 Å². The average Bonchev–Trinajstić information content (AvgIpc) is 2.97. The Bertz CT molecular complexity index is 924. The highest BCUT2D eigenvalue weighted by atomic mass is 31.2. The highest BCUT2D eigenvalue weighted by molar-refractivity contribution is 7.47. The lowest BCUT2D eigenvalue weighted by molar-refractivity contribution is -0.122. The monoisotopic (exact) mass is 606 g/mol. The van der Waals surface area contributed by atoms with Crippen LogP contribution in [-0.2, 0) is 18.4 Å². The number of hydrogen-bond donors (Lipinski definition) is 4. The first-order valence-electron chi connectivity index (χ1n) is 15.2. The summed E-state index contributed by atoms with van der Waals surface area (Å²) in [7, 11) is -4.36. The molecule has 0 fully saturated rings. The quantitative estimate of drug-likeness (QED) is 0.0467. The molecule has 9 heteroatoms. The van der Waals surface area contributed by atoms with E-state index in [0.29, 0.717) is 12.8 Å². The molecule has 0 aromatic heterocycles. The Morgan fingerprint density at radius 2 is 1.24 bits per heavy atom. The molecule has 0 aromatic carbocycles. The van der Waals surface area contributed by atoms with Gasteiger partial charge in [-0.2, -0.15) is 0 Å². The summed E-state index contributed by atoms with van der Waals surface area (Å²) in [6.07, 6.45) is 36.6. The summed E-state index contributed by atoms with van der Waals surface area (Å²) in [5.74, 6) is -0.297. The van der Waals surface area contributed by atoms with Crippen LogP contribution >= 0.6 is 7.82 Å². The van der Waals surface area contributed by atoms with E-state index >= 15 is 0 Å². The highest BCUT2D eigenvalue weighted by Gasteiger charge is 2.26. The molecule has 3 atom stereocenters. The minimum Gasteiger partial charge on any atom is -0.387 e. The van der Waals surface area contributed by atoms with Crippen molar-refractivity contribution in [1.29, 1.82) is 0 Å². The Morgan fingerprint density at radius 1 is 0.762 bits per heavy atom. The second-order valence-corrected chi connectivity index (χ2v) is 11.0. The standard InChI is InChI=1S/C33H55N2O6P/c1-3-5-7-9-11-13-15-16-17-19-21-23-25-27-33(37)35-31(30-41-42(38,39)40-29-28-34)32(36)26-24-22-20-18-14-12-10-8-6-4-2/h5-8,11,13-14,16-18,21,23-24,26,31-32,36H,3-4,9-10,12,15,19-20,22,25,27-30,34H2,1-2H3,(H,35,37)(H,38,39)/b7-5-,8-6+,13-11-,17-16-,18-14+,23-21-,26-24+. The van der Waals surface area contributed by atoms with Crippen LogP contribution in [0.2, 0.25) is 0 Å². The van der Waals surface area contributed by atoms with E-state index in [-0.39, 0.29) is 25.5 Å². The van der Waals surface area contributed by atoms with Gasteiger partial charge in [0.25, 0.3) is 0 Å². The van der Waals surface area contributed by atoms with Gasteiger partial charge in [0.05, 0.1) is 25.4 Å². The van der Waals surface area contributed by atoms with Gasteiger partial charge in [-0.15, -0.1) is 0 Å². The van der Waals surface area contributed by atoms with Gasteiger partial charge in [0.2, 0.25) is 5.91 Å². The van der Waals surface area contributed by atoms with Crippen molar-refractivity contribution in [2.24, 2.45) is 5.73 Å². The predicted molar refractivity (Wildman–Crippen MR) is 175 cm³/mol. The molecule has 42 heavy (non-hydrogen) atoms. The van der Waals surface area contributed by atoms with Crippen molar-refractivity contribution in [2.75, 3.05) is 19.8 Å². The van der Waals surface area contributed by atoms with Crippen molar-refractivity contribution in [3.63, 3.8) is 0 Å². The zero-order valence-electron chi connectivity index (χ0n) is 25.7. The van der Waals surface area contributed by atoms with E-state index in [1.807, 2.05) is 18.2 Å². The first-order chi connectivity index (χ1) is 20.4. The van der Waals surface area contributed by atoms with Crippen LogP contribution in [0.25, 0.3) is 0 Å². The highest BCUT2D eigenvalue weighted by Crippen LogP contribution is 2.43. The zero-order valence-corrected chi connectivity index (χ0v) is 26.6. The fraction of sp³-hybridized carbons (Fsp3) is 0.545. The van der Waals surface area contributed by atoms with E-state index in [2.05, 4.69) is 79.9 Å². The van der Waals surface area contributed by atoms with Crippen LogP contribution in [0, 0.1) is 0 Å². The Kier molecular flexibility index (Phi) is 27.2. The van der Waals surface area contributed by atoms with Crippen molar-refractivity contribution in [1.82, 2.24) is 5.32 Å². The number of aliphatic hydroxyl groups excluding tert-OH is 1. The molecule has 0 aliphatic heterocycles. The number of nitrogens with one attached hydrogen (secondary N) is 1. The van der Waals surface area contributed by atoms with Crippen LogP contribution in [0.3, 0.4) is 0 Å². The maximum atomic E-state index is 12.5. The van der Waals surface area contributed by atoms with Gasteiger partial charge >= 0.3 is 7.82 Å². The summed E-state index contributed by atoms with van der Waals surface area (Å²) >= 11 is 0. The molecule has 0 bridgehead atoms. The number of carbonyl (C=O) groups is 1. The molecule has 238 valence electrons. The van der Waals surface area contributed by atoms with E-state index in [9.17, 15) is 19.4 Å². The molecule has 3 unspecified atom stereocenters. The minimum absolute atomic E-state index is 0.0562. The van der Waals surface area contributed by atoms with Gasteiger partial charge in [0, 0.05) is 13.0 Å². The van der Waals surface area contributed by atoms with Gasteiger partial charge in [0.15, 0.2) is 0 Å². The Labute approximate surface area is 254 Å². The van der Waals surface area contributed by atoms with Gasteiger partial charge in [-0.3, -0.25) is 13.8 Å². The van der Waals surface area contributed by atoms with Crippen LogP contribution in [-0.4, -0.2) is 47.8 Å². The SMILES string of the molecule is CC/C=C\C/C=C\C/C=C\C/C=C\CCC(=O)NC(COP(=O)(O)OCCN)C(O)/C=C/CC/C=C/CC/C=C/CC. The number of amides is 1. The number of allylic oxidation sites excluding steroid dienone is 13. The van der Waals surface area contributed by atoms with E-state index in [4.69, 9.17) is 14.8 Å². The van der Waals surface area contributed by atoms with Gasteiger partial charge < -0.3 is 21.1 Å². The lowest BCUT2D eigenvalue weighted by Crippen LogP contribution is -2.45. The van der Waals surface area contributed by atoms with E-state index < -0.39 is 26.6 Å². The predicted octanol–water partition coefficient (Wildman–Crippen LogP) is 7.15. The van der Waals surface area contributed by atoms with Crippen molar-refractivity contribution in [2.45, 2.75) is 96.6 Å². The summed E-state index contributed by atoms with van der Waals surface area (Å²) in [6.45, 7) is 3.74. The number of carbonyl (C=O) groups excluding carboxylic acids is 1. The molecule has 0 saturated heterocycles. The third-order valence-electron chi connectivity index (χ3n) is 5.71. The van der Waals surface area contributed by atoms with Gasteiger partial charge in [-0.05, 0) is 64.2 Å². The molecule has 0 aliphatic carbocycles. The summed E-state index contributed by atoms with van der Waals surface area (Å²) in [5, 5.41) is 13.4. The summed E-state index contributed by atoms with van der Waals surface area (Å²) < 4.78 is 21.8. The van der Waals surface area contributed by atoms with E-state index in [0.717, 1.165) is 51.4 Å². The fourth-order valence-electron chi connectivity index (χ4n) is 3.47. The molecular weight excluding hydrogens is 551 g/mol. The Hall–Kier alpha value is -2.32. The zero-order chi connectivity index (χ0) is 31.2. The van der Waals surface area contributed by atoms with Crippen LogP contribution in [0.15, 0.2) is 85.1 Å². The van der Waals surface area contributed by atoms with Gasteiger partial charge in [-0.25, -0.2) is 4.57 Å². The summed E-state index contributed by atoms with van der Waals surface area (Å²) in [6, 6.07) is -0.922. The van der Waals surface area contributed by atoms with E-state index in [1.165, 1.54) is 0 Å². The molecule has 0 aliphatic rings. The summed E-state index contributed by atoms with van der Waals surface area (Å²) in [4.78, 5) is 22.4. The first-order valence-corrected chi connectivity index (χ1v) is 16.7. The molecule has 5 N–H and O–H groups in total. The molecule has 0 heterocycles. The fourth-order valence-corrected chi connectivity index (χ4v) is 4.23. The van der Waals surface area contributed by atoms with Crippen molar-refractivity contribution < 1.29 is 28.4 Å². The molecule has 0 saturated carbocycles. The summed E-state index contributed by atoms with van der Waals surface area (Å²) in [5.41, 5.74) is 5.31. The maximum Gasteiger partial charge on any atom is 0.472 e. The maximum absolute atomic E-state index is 12.5. The number of unbranched alkanes of at least 4 members (excludes halogenated alkanes) is 2. The van der Waals surface area contributed by atoms with Gasteiger partial charge in [-0.1, -0.05) is 98.9 Å². The lowest BCUT2D eigenvalue weighted by Gasteiger charge is -2.23. The van der Waals surface area contributed by atoms with Crippen LogP contribution in [0.5, 0.6) is 0 Å². The van der Waals surface area contributed by atoms with Crippen molar-refractivity contribution in [3.8, 4) is 0 Å². The third kappa shape index (κ3) is 26.6. The topological polar surface area (TPSA) is 131 Å². The molecule has 0 aromatic rings. The van der Waals surface area contributed by atoms with Gasteiger partial charge in [0.1, 0.15) is 0 Å². The number of rotatable bonds is 26. The van der Waals surface area contributed by atoms with Crippen molar-refractivity contribution >= 4 is 13.7 Å². The smallest absolute Gasteiger partial charge is 0.387 e. The minimum atomic E-state index is -4.36. The van der Waals surface area contributed by atoms with Crippen LogP contribution in [0.4, 0.5) is 0 Å². The normalized spacial score (nSPS) is 15.8. The second-order valence-electron chi connectivity index (χ2n) is 9.52. The number of phosphoric acid groups is 1. The number of phosphoric ester groups is 1. The molecule has 8 nitrogen and oxygen atoms in total. The van der Waals surface area contributed by atoms with Crippen molar-refractivity contribution in [3.05, 3.63) is 85.1 Å². The largest absolute Gasteiger partial charge is 0.472 e. The number of nitrogens with two attached hydrogens (primary N) is 1. The Morgan fingerprint density at radius 3 is 1.81 bits per heavy atom. The number of hydrogen-bond acceptors (Lipinski definition) is 6. The molecule has 0 spiro atoms. The second kappa shape index (κ2) is 28.8. The Balaban J connectivity index is 4.68. The lowest BCUT2D eigenvalue weighted by atomic mass is 10.1. The van der Waals surface area contributed by atoms with Crippen LogP contribution < -0.4 is 11.1 Å². The first kappa shape index (κ1) is 39.7.